The maximum absolute atomic E-state index is 11.2. The summed E-state index contributed by atoms with van der Waals surface area (Å²) in [7, 11) is 1.20. The minimum atomic E-state index is -1.09. The second-order valence-electron chi connectivity index (χ2n) is 3.40. The Morgan fingerprint density at radius 1 is 1.29 bits per heavy atom. The molecule has 6 heteroatoms. The standard InChI is InChI=1S/C8H13NO5/c1-8(2)13-4(6(9)10)5(14-8)7(11)12-3/h4-5H,1-3H3,(H2,9,10). The van der Waals surface area contributed by atoms with Crippen LogP contribution in [0.25, 0.3) is 0 Å². The third kappa shape index (κ3) is 2.02. The molecule has 1 rings (SSSR count). The molecule has 14 heavy (non-hydrogen) atoms. The number of carbonyl (C=O) groups is 2. The zero-order valence-electron chi connectivity index (χ0n) is 8.27. The fraction of sp³-hybridized carbons (Fsp3) is 0.750. The number of methoxy groups -OCH3 is 1. The highest BCUT2D eigenvalue weighted by Gasteiger charge is 2.48. The first-order chi connectivity index (χ1) is 6.37. The Morgan fingerprint density at radius 2 is 1.79 bits per heavy atom. The summed E-state index contributed by atoms with van der Waals surface area (Å²) in [5.41, 5.74) is 5.05. The third-order valence-electron chi connectivity index (χ3n) is 1.81. The van der Waals surface area contributed by atoms with Crippen LogP contribution in [-0.2, 0) is 23.8 Å². The van der Waals surface area contributed by atoms with Crippen LogP contribution in [0.2, 0.25) is 0 Å². The van der Waals surface area contributed by atoms with Gasteiger partial charge in [0, 0.05) is 0 Å². The highest BCUT2D eigenvalue weighted by Crippen LogP contribution is 2.28. The van der Waals surface area contributed by atoms with E-state index in [0.29, 0.717) is 0 Å². The Kier molecular flexibility index (Phi) is 2.77. The quantitative estimate of drug-likeness (QED) is 0.591. The summed E-state index contributed by atoms with van der Waals surface area (Å²) in [5, 5.41) is 0. The number of amides is 1. The van der Waals surface area contributed by atoms with Gasteiger partial charge in [-0.1, -0.05) is 0 Å². The van der Waals surface area contributed by atoms with Crippen molar-refractivity contribution in [2.24, 2.45) is 5.73 Å². The number of carbonyl (C=O) groups excluding carboxylic acids is 2. The van der Waals surface area contributed by atoms with Crippen molar-refractivity contribution in [3.63, 3.8) is 0 Å². The van der Waals surface area contributed by atoms with Gasteiger partial charge in [0.15, 0.2) is 18.0 Å². The van der Waals surface area contributed by atoms with Crippen LogP contribution in [-0.4, -0.2) is 37.0 Å². The number of rotatable bonds is 2. The predicted molar refractivity (Wildman–Crippen MR) is 45.0 cm³/mol. The number of ether oxygens (including phenoxy) is 3. The van der Waals surface area contributed by atoms with Crippen LogP contribution in [0.1, 0.15) is 13.8 Å². The van der Waals surface area contributed by atoms with Crippen molar-refractivity contribution in [3.8, 4) is 0 Å². The summed E-state index contributed by atoms with van der Waals surface area (Å²) in [6.45, 7) is 3.18. The topological polar surface area (TPSA) is 87.8 Å². The minimum absolute atomic E-state index is 0.667. The molecule has 0 bridgehead atoms. The van der Waals surface area contributed by atoms with E-state index in [9.17, 15) is 9.59 Å². The SMILES string of the molecule is COC(=O)C1OC(C)(C)OC1C(N)=O. The molecule has 0 aromatic carbocycles. The lowest BCUT2D eigenvalue weighted by Gasteiger charge is -2.15. The van der Waals surface area contributed by atoms with E-state index in [1.54, 1.807) is 13.8 Å². The van der Waals surface area contributed by atoms with E-state index in [4.69, 9.17) is 15.2 Å². The molecule has 0 radical (unpaired) electrons. The monoisotopic (exact) mass is 203 g/mol. The molecule has 1 aliphatic rings. The van der Waals surface area contributed by atoms with Crippen molar-refractivity contribution in [2.45, 2.75) is 31.8 Å². The predicted octanol–water partition coefficient (Wildman–Crippen LogP) is -0.835. The molecule has 0 spiro atoms. The molecule has 1 heterocycles. The Hall–Kier alpha value is -1.14. The first-order valence-electron chi connectivity index (χ1n) is 4.10. The van der Waals surface area contributed by atoms with Crippen LogP contribution in [0.4, 0.5) is 0 Å². The van der Waals surface area contributed by atoms with E-state index in [0.717, 1.165) is 0 Å². The van der Waals surface area contributed by atoms with Crippen molar-refractivity contribution in [1.82, 2.24) is 0 Å². The maximum atomic E-state index is 11.2. The molecule has 0 aliphatic carbocycles. The molecule has 2 N–H and O–H groups in total. The average Bonchev–Trinajstić information content (AvgIpc) is 2.40. The van der Waals surface area contributed by atoms with E-state index < -0.39 is 29.9 Å². The van der Waals surface area contributed by atoms with Crippen molar-refractivity contribution >= 4 is 11.9 Å². The van der Waals surface area contributed by atoms with Crippen LogP contribution in [0.15, 0.2) is 0 Å². The highest BCUT2D eigenvalue weighted by molar-refractivity contribution is 5.88. The molecule has 6 nitrogen and oxygen atoms in total. The van der Waals surface area contributed by atoms with Crippen molar-refractivity contribution < 1.29 is 23.8 Å². The van der Waals surface area contributed by atoms with E-state index >= 15 is 0 Å². The summed E-state index contributed by atoms with van der Waals surface area (Å²) >= 11 is 0. The number of nitrogens with two attached hydrogens (primary N) is 1. The number of primary amides is 1. The smallest absolute Gasteiger partial charge is 0.338 e. The van der Waals surface area contributed by atoms with Gasteiger partial charge in [-0.15, -0.1) is 0 Å². The molecule has 0 aromatic heterocycles. The van der Waals surface area contributed by atoms with E-state index in [-0.39, 0.29) is 0 Å². The Labute approximate surface area is 81.3 Å². The molecule has 80 valence electrons. The summed E-state index contributed by atoms with van der Waals surface area (Å²) in [6.07, 6.45) is -2.16. The first-order valence-corrected chi connectivity index (χ1v) is 4.10. The second-order valence-corrected chi connectivity index (χ2v) is 3.40. The van der Waals surface area contributed by atoms with Gasteiger partial charge >= 0.3 is 5.97 Å². The molecular formula is C8H13NO5. The molecule has 1 saturated heterocycles. The molecule has 2 atom stereocenters. The molecule has 0 saturated carbocycles. The number of esters is 1. The minimum Gasteiger partial charge on any atom is -0.467 e. The second kappa shape index (κ2) is 3.55. The van der Waals surface area contributed by atoms with E-state index in [1.165, 1.54) is 7.11 Å². The molecule has 1 aliphatic heterocycles. The van der Waals surface area contributed by atoms with E-state index in [2.05, 4.69) is 4.74 Å². The Bertz CT molecular complexity index is 262. The average molecular weight is 203 g/mol. The van der Waals surface area contributed by atoms with Gasteiger partial charge in [0.25, 0.3) is 0 Å². The van der Waals surface area contributed by atoms with Gasteiger partial charge in [-0.3, -0.25) is 4.79 Å². The fourth-order valence-electron chi connectivity index (χ4n) is 1.26. The zero-order chi connectivity index (χ0) is 10.9. The van der Waals surface area contributed by atoms with Crippen LogP contribution in [0.5, 0.6) is 0 Å². The van der Waals surface area contributed by atoms with Crippen LogP contribution in [0.3, 0.4) is 0 Å². The van der Waals surface area contributed by atoms with Gasteiger partial charge in [-0.05, 0) is 13.8 Å². The number of hydrogen-bond donors (Lipinski definition) is 1. The third-order valence-corrected chi connectivity index (χ3v) is 1.81. The maximum Gasteiger partial charge on any atom is 0.338 e. The number of hydrogen-bond acceptors (Lipinski definition) is 5. The molecule has 1 amide bonds. The summed E-state index contributed by atoms with van der Waals surface area (Å²) < 4.78 is 14.8. The zero-order valence-corrected chi connectivity index (χ0v) is 8.27. The fourth-order valence-corrected chi connectivity index (χ4v) is 1.26. The summed E-state index contributed by atoms with van der Waals surface area (Å²) in [5.74, 6) is -2.41. The lowest BCUT2D eigenvalue weighted by atomic mass is 10.2. The van der Waals surface area contributed by atoms with Crippen LogP contribution in [0, 0.1) is 0 Å². The highest BCUT2D eigenvalue weighted by atomic mass is 16.8. The summed E-state index contributed by atoms with van der Waals surface area (Å²) in [6, 6.07) is 0. The van der Waals surface area contributed by atoms with Crippen molar-refractivity contribution in [3.05, 3.63) is 0 Å². The normalized spacial score (nSPS) is 29.9. The van der Waals surface area contributed by atoms with Crippen LogP contribution < -0.4 is 5.73 Å². The van der Waals surface area contributed by atoms with Gasteiger partial charge in [0.1, 0.15) is 0 Å². The van der Waals surface area contributed by atoms with Gasteiger partial charge in [0.05, 0.1) is 7.11 Å². The van der Waals surface area contributed by atoms with Crippen molar-refractivity contribution in [1.29, 1.82) is 0 Å². The van der Waals surface area contributed by atoms with Crippen molar-refractivity contribution in [2.75, 3.05) is 7.11 Å². The van der Waals surface area contributed by atoms with E-state index in [1.807, 2.05) is 0 Å². The van der Waals surface area contributed by atoms with Crippen LogP contribution >= 0.6 is 0 Å². The Balaban J connectivity index is 2.83. The summed E-state index contributed by atoms with van der Waals surface area (Å²) in [4.78, 5) is 22.1. The molecule has 1 fully saturated rings. The molecular weight excluding hydrogens is 190 g/mol. The van der Waals surface area contributed by atoms with Gasteiger partial charge in [-0.25, -0.2) is 4.79 Å². The van der Waals surface area contributed by atoms with Gasteiger partial charge in [0.2, 0.25) is 5.91 Å². The Morgan fingerprint density at radius 3 is 2.21 bits per heavy atom. The molecule has 0 aromatic rings. The van der Waals surface area contributed by atoms with Gasteiger partial charge < -0.3 is 19.9 Å². The largest absolute Gasteiger partial charge is 0.467 e. The lowest BCUT2D eigenvalue weighted by Crippen LogP contribution is -2.41. The molecule has 2 unspecified atom stereocenters. The first kappa shape index (κ1) is 10.9. The lowest BCUT2D eigenvalue weighted by molar-refractivity contribution is -0.168. The van der Waals surface area contributed by atoms with Gasteiger partial charge in [-0.2, -0.15) is 0 Å².